The molecule has 0 saturated carbocycles. The van der Waals surface area contributed by atoms with Crippen LogP contribution in [0.2, 0.25) is 0 Å². The lowest BCUT2D eigenvalue weighted by atomic mass is 10.1. The molecule has 0 radical (unpaired) electrons. The second-order valence-electron chi connectivity index (χ2n) is 6.86. The van der Waals surface area contributed by atoms with E-state index in [4.69, 9.17) is 4.74 Å². The van der Waals surface area contributed by atoms with Crippen molar-refractivity contribution >= 4 is 17.5 Å². The van der Waals surface area contributed by atoms with Gasteiger partial charge >= 0.3 is 6.09 Å². The summed E-state index contributed by atoms with van der Waals surface area (Å²) in [6.45, 7) is 8.43. The van der Waals surface area contributed by atoms with Crippen molar-refractivity contribution in [1.82, 2.24) is 4.90 Å². The van der Waals surface area contributed by atoms with Crippen molar-refractivity contribution in [2.75, 3.05) is 24.5 Å². The second-order valence-corrected chi connectivity index (χ2v) is 6.86. The van der Waals surface area contributed by atoms with E-state index in [9.17, 15) is 19.3 Å². The number of anilines is 1. The molecular formula is C16H22FN3O4. The predicted molar refractivity (Wildman–Crippen MR) is 87.7 cm³/mol. The first-order valence-corrected chi connectivity index (χ1v) is 7.77. The van der Waals surface area contributed by atoms with Crippen LogP contribution < -0.4 is 4.90 Å². The summed E-state index contributed by atoms with van der Waals surface area (Å²) in [6, 6.07) is 3.38. The third kappa shape index (κ3) is 4.12. The molecule has 1 heterocycles. The lowest BCUT2D eigenvalue weighted by Crippen LogP contribution is -2.54. The van der Waals surface area contributed by atoms with E-state index in [1.807, 2.05) is 11.8 Å². The second kappa shape index (κ2) is 6.62. The number of carbonyl (C=O) groups excluding carboxylic acids is 1. The molecule has 0 aliphatic carbocycles. The summed E-state index contributed by atoms with van der Waals surface area (Å²) in [7, 11) is 0. The van der Waals surface area contributed by atoms with Gasteiger partial charge in [0.2, 0.25) is 0 Å². The summed E-state index contributed by atoms with van der Waals surface area (Å²) < 4.78 is 18.7. The van der Waals surface area contributed by atoms with Gasteiger partial charge in [0.25, 0.3) is 5.69 Å². The molecule has 0 spiro atoms. The number of halogens is 1. The van der Waals surface area contributed by atoms with Gasteiger partial charge in [0.15, 0.2) is 0 Å². The summed E-state index contributed by atoms with van der Waals surface area (Å²) in [5.41, 5.74) is -0.488. The third-order valence-electron chi connectivity index (χ3n) is 3.72. The standard InChI is InChI=1S/C16H22FN3O4/c1-11-10-18(15(21)24-16(2,3)4)7-8-19(11)13-6-5-12(17)9-14(13)20(22)23/h5-6,9,11H,7-8,10H2,1-4H3/t11-/m1/s1. The first-order chi connectivity index (χ1) is 11.1. The minimum atomic E-state index is -0.648. The van der Waals surface area contributed by atoms with E-state index in [0.717, 1.165) is 6.07 Å². The number of nitrogens with zero attached hydrogens (tertiary/aromatic N) is 3. The van der Waals surface area contributed by atoms with Crippen molar-refractivity contribution in [3.63, 3.8) is 0 Å². The Kier molecular flexibility index (Phi) is 4.96. The molecular weight excluding hydrogens is 317 g/mol. The highest BCUT2D eigenvalue weighted by Gasteiger charge is 2.32. The van der Waals surface area contributed by atoms with Crippen LogP contribution in [0.4, 0.5) is 20.6 Å². The fourth-order valence-corrected chi connectivity index (χ4v) is 2.69. The topological polar surface area (TPSA) is 75.9 Å². The van der Waals surface area contributed by atoms with Crippen LogP contribution in [0.1, 0.15) is 27.7 Å². The molecule has 1 aliphatic heterocycles. The number of amides is 1. The zero-order valence-electron chi connectivity index (χ0n) is 14.3. The Balaban J connectivity index is 2.15. The van der Waals surface area contributed by atoms with Crippen LogP contribution >= 0.6 is 0 Å². The molecule has 0 bridgehead atoms. The minimum Gasteiger partial charge on any atom is -0.444 e. The first-order valence-electron chi connectivity index (χ1n) is 7.77. The Hall–Kier alpha value is -2.38. The number of nitro groups is 1. The third-order valence-corrected chi connectivity index (χ3v) is 3.72. The average Bonchev–Trinajstić information content (AvgIpc) is 2.45. The molecule has 0 unspecified atom stereocenters. The van der Waals surface area contributed by atoms with E-state index in [1.165, 1.54) is 12.1 Å². The Morgan fingerprint density at radius 2 is 2.04 bits per heavy atom. The van der Waals surface area contributed by atoms with Gasteiger partial charge in [-0.15, -0.1) is 0 Å². The fraction of sp³-hybridized carbons (Fsp3) is 0.562. The lowest BCUT2D eigenvalue weighted by molar-refractivity contribution is -0.384. The largest absolute Gasteiger partial charge is 0.444 e. The van der Waals surface area contributed by atoms with E-state index in [-0.39, 0.29) is 11.7 Å². The monoisotopic (exact) mass is 339 g/mol. The van der Waals surface area contributed by atoms with Gasteiger partial charge < -0.3 is 14.5 Å². The Bertz CT molecular complexity index is 645. The highest BCUT2D eigenvalue weighted by molar-refractivity contribution is 5.70. The van der Waals surface area contributed by atoms with Crippen LogP contribution in [0.3, 0.4) is 0 Å². The molecule has 1 aromatic carbocycles. The summed E-state index contributed by atoms with van der Waals surface area (Å²) >= 11 is 0. The van der Waals surface area contributed by atoms with Gasteiger partial charge in [0.05, 0.1) is 11.0 Å². The van der Waals surface area contributed by atoms with Crippen LogP contribution in [0.25, 0.3) is 0 Å². The highest BCUT2D eigenvalue weighted by atomic mass is 19.1. The normalized spacial score (nSPS) is 18.5. The quantitative estimate of drug-likeness (QED) is 0.611. The van der Waals surface area contributed by atoms with E-state index in [0.29, 0.717) is 25.3 Å². The number of hydrogen-bond donors (Lipinski definition) is 0. The van der Waals surface area contributed by atoms with E-state index in [1.54, 1.807) is 25.7 Å². The molecule has 1 amide bonds. The van der Waals surface area contributed by atoms with E-state index < -0.39 is 22.4 Å². The molecule has 1 atom stereocenters. The molecule has 132 valence electrons. The van der Waals surface area contributed by atoms with Crippen LogP contribution in [0, 0.1) is 15.9 Å². The summed E-state index contributed by atoms with van der Waals surface area (Å²) in [6.07, 6.45) is -0.400. The maximum atomic E-state index is 13.3. The van der Waals surface area contributed by atoms with Gasteiger partial charge in [-0.25, -0.2) is 9.18 Å². The van der Waals surface area contributed by atoms with Gasteiger partial charge in [0.1, 0.15) is 17.1 Å². The number of benzene rings is 1. The van der Waals surface area contributed by atoms with Gasteiger partial charge in [-0.2, -0.15) is 0 Å². The molecule has 0 aromatic heterocycles. The zero-order valence-corrected chi connectivity index (χ0v) is 14.3. The fourth-order valence-electron chi connectivity index (χ4n) is 2.69. The summed E-state index contributed by atoms with van der Waals surface area (Å²) in [5, 5.41) is 11.2. The van der Waals surface area contributed by atoms with E-state index in [2.05, 4.69) is 0 Å². The number of piperazine rings is 1. The number of ether oxygens (including phenoxy) is 1. The van der Waals surface area contributed by atoms with Crippen LogP contribution in [-0.2, 0) is 4.74 Å². The summed E-state index contributed by atoms with van der Waals surface area (Å²) in [4.78, 5) is 26.1. The molecule has 7 nitrogen and oxygen atoms in total. The number of hydrogen-bond acceptors (Lipinski definition) is 5. The van der Waals surface area contributed by atoms with Crippen molar-refractivity contribution in [1.29, 1.82) is 0 Å². The number of nitro benzene ring substituents is 1. The van der Waals surface area contributed by atoms with Gasteiger partial charge in [-0.1, -0.05) is 0 Å². The van der Waals surface area contributed by atoms with Gasteiger partial charge in [-0.05, 0) is 39.8 Å². The maximum Gasteiger partial charge on any atom is 0.410 e. The molecule has 0 N–H and O–H groups in total. The SMILES string of the molecule is C[C@@H]1CN(C(=O)OC(C)(C)C)CCN1c1ccc(F)cc1[N+](=O)[O-]. The minimum absolute atomic E-state index is 0.157. The Morgan fingerprint density at radius 3 is 2.58 bits per heavy atom. The number of rotatable bonds is 2. The molecule has 1 aromatic rings. The van der Waals surface area contributed by atoms with Crippen molar-refractivity contribution in [3.8, 4) is 0 Å². The average molecular weight is 339 g/mol. The Labute approximate surface area is 140 Å². The van der Waals surface area contributed by atoms with E-state index >= 15 is 0 Å². The maximum absolute atomic E-state index is 13.3. The lowest BCUT2D eigenvalue weighted by Gasteiger charge is -2.41. The predicted octanol–water partition coefficient (Wildman–Crippen LogP) is 3.18. The summed E-state index contributed by atoms with van der Waals surface area (Å²) in [5.74, 6) is -0.648. The number of carbonyl (C=O) groups is 1. The molecule has 1 saturated heterocycles. The first kappa shape index (κ1) is 18.0. The highest BCUT2D eigenvalue weighted by Crippen LogP contribution is 2.31. The van der Waals surface area contributed by atoms with Crippen molar-refractivity contribution in [2.45, 2.75) is 39.3 Å². The Morgan fingerprint density at radius 1 is 1.38 bits per heavy atom. The van der Waals surface area contributed by atoms with Crippen LogP contribution in [-0.4, -0.2) is 47.2 Å². The van der Waals surface area contributed by atoms with Crippen molar-refractivity contribution in [3.05, 3.63) is 34.1 Å². The van der Waals surface area contributed by atoms with Gasteiger partial charge in [-0.3, -0.25) is 10.1 Å². The zero-order chi connectivity index (χ0) is 18.1. The van der Waals surface area contributed by atoms with Crippen molar-refractivity contribution < 1.29 is 18.8 Å². The molecule has 1 aliphatic rings. The van der Waals surface area contributed by atoms with Crippen LogP contribution in [0.15, 0.2) is 18.2 Å². The molecule has 1 fully saturated rings. The van der Waals surface area contributed by atoms with Gasteiger partial charge in [0, 0.05) is 25.7 Å². The molecule has 8 heteroatoms. The smallest absolute Gasteiger partial charge is 0.410 e. The van der Waals surface area contributed by atoms with Crippen LogP contribution in [0.5, 0.6) is 0 Å². The van der Waals surface area contributed by atoms with Crippen molar-refractivity contribution in [2.24, 2.45) is 0 Å². The molecule has 24 heavy (non-hydrogen) atoms. The molecule has 2 rings (SSSR count).